The van der Waals surface area contributed by atoms with Gasteiger partial charge in [0.1, 0.15) is 0 Å². The van der Waals surface area contributed by atoms with Crippen LogP contribution in [-0.4, -0.2) is 26.5 Å². The molecule has 1 atom stereocenters. The van der Waals surface area contributed by atoms with E-state index in [0.717, 1.165) is 12.1 Å². The number of benzene rings is 2. The minimum atomic E-state index is -4.43. The van der Waals surface area contributed by atoms with Crippen molar-refractivity contribution in [3.05, 3.63) is 65.2 Å². The average Bonchev–Trinajstić information content (AvgIpc) is 3.16. The van der Waals surface area contributed by atoms with Crippen molar-refractivity contribution in [2.75, 3.05) is 0 Å². The number of halogens is 3. The second-order valence-electron chi connectivity index (χ2n) is 5.63. The summed E-state index contributed by atoms with van der Waals surface area (Å²) in [4.78, 5) is 12.3. The van der Waals surface area contributed by atoms with Gasteiger partial charge >= 0.3 is 6.18 Å². The molecule has 1 unspecified atom stereocenters. The number of H-pyrrole nitrogens is 1. The van der Waals surface area contributed by atoms with E-state index in [1.165, 1.54) is 6.07 Å². The van der Waals surface area contributed by atoms with Crippen molar-refractivity contribution in [2.24, 2.45) is 0 Å². The van der Waals surface area contributed by atoms with E-state index >= 15 is 0 Å². The van der Waals surface area contributed by atoms with Gasteiger partial charge in [0.25, 0.3) is 5.91 Å². The summed E-state index contributed by atoms with van der Waals surface area (Å²) in [6.45, 7) is 1.63. The molecular weight excluding hydrogens is 347 g/mol. The van der Waals surface area contributed by atoms with Gasteiger partial charge in [-0.3, -0.25) is 4.79 Å². The Hall–Kier alpha value is -3.23. The van der Waals surface area contributed by atoms with Gasteiger partial charge in [0.05, 0.1) is 11.6 Å². The van der Waals surface area contributed by atoms with Crippen molar-refractivity contribution in [2.45, 2.75) is 19.1 Å². The number of nitrogens with zero attached hydrogens (tertiary/aromatic N) is 3. The van der Waals surface area contributed by atoms with Crippen molar-refractivity contribution < 1.29 is 18.0 Å². The number of nitrogens with one attached hydrogen (secondary N) is 2. The first-order valence-electron chi connectivity index (χ1n) is 7.66. The number of alkyl halides is 3. The van der Waals surface area contributed by atoms with Gasteiger partial charge in [-0.05, 0) is 42.0 Å². The summed E-state index contributed by atoms with van der Waals surface area (Å²) < 4.78 is 38.4. The Morgan fingerprint density at radius 2 is 1.88 bits per heavy atom. The van der Waals surface area contributed by atoms with E-state index < -0.39 is 23.7 Å². The fraction of sp³-hybridized carbons (Fsp3) is 0.176. The molecule has 1 amide bonds. The van der Waals surface area contributed by atoms with Gasteiger partial charge < -0.3 is 5.32 Å². The van der Waals surface area contributed by atoms with E-state index in [-0.39, 0.29) is 0 Å². The second-order valence-corrected chi connectivity index (χ2v) is 5.63. The first-order chi connectivity index (χ1) is 12.3. The Bertz CT molecular complexity index is 892. The number of hydrogen-bond donors (Lipinski definition) is 2. The van der Waals surface area contributed by atoms with E-state index in [1.54, 1.807) is 37.3 Å². The van der Waals surface area contributed by atoms with Gasteiger partial charge in [0.15, 0.2) is 0 Å². The highest BCUT2D eigenvalue weighted by molar-refractivity contribution is 5.94. The molecule has 9 heteroatoms. The maximum atomic E-state index is 12.8. The monoisotopic (exact) mass is 361 g/mol. The molecule has 3 rings (SSSR count). The van der Waals surface area contributed by atoms with Crippen LogP contribution in [0.3, 0.4) is 0 Å². The van der Waals surface area contributed by atoms with Crippen LogP contribution in [0.2, 0.25) is 0 Å². The first kappa shape index (κ1) is 17.6. The molecule has 0 saturated heterocycles. The van der Waals surface area contributed by atoms with Gasteiger partial charge in [-0.25, -0.2) is 0 Å². The zero-order valence-electron chi connectivity index (χ0n) is 13.6. The number of amides is 1. The van der Waals surface area contributed by atoms with Crippen LogP contribution in [0, 0.1) is 0 Å². The lowest BCUT2D eigenvalue weighted by molar-refractivity contribution is -0.137. The smallest absolute Gasteiger partial charge is 0.346 e. The molecule has 2 aromatic carbocycles. The third kappa shape index (κ3) is 3.88. The standard InChI is InChI=1S/C17H14F3N5O/c1-10(13-3-2-4-14(9-13)17(18,19)20)21-16(26)12-7-5-11(6-8-12)15-22-24-25-23-15/h2-10H,1H3,(H,21,26)(H,22,23,24,25). The van der Waals surface area contributed by atoms with E-state index in [4.69, 9.17) is 0 Å². The van der Waals surface area contributed by atoms with Crippen LogP contribution in [0.25, 0.3) is 11.4 Å². The molecule has 1 aromatic heterocycles. The van der Waals surface area contributed by atoms with E-state index in [0.29, 0.717) is 22.5 Å². The summed E-state index contributed by atoms with van der Waals surface area (Å²) in [7, 11) is 0. The minimum absolute atomic E-state index is 0.371. The zero-order valence-corrected chi connectivity index (χ0v) is 13.6. The second kappa shape index (κ2) is 6.95. The van der Waals surface area contributed by atoms with Crippen molar-refractivity contribution >= 4 is 5.91 Å². The number of aromatic amines is 1. The number of carbonyl (C=O) groups excluding carboxylic acids is 1. The van der Waals surface area contributed by atoms with Crippen LogP contribution in [-0.2, 0) is 6.18 Å². The highest BCUT2D eigenvalue weighted by atomic mass is 19.4. The third-order valence-electron chi connectivity index (χ3n) is 3.81. The Balaban J connectivity index is 1.71. The van der Waals surface area contributed by atoms with Gasteiger partial charge in [-0.1, -0.05) is 24.3 Å². The number of aromatic nitrogens is 4. The Morgan fingerprint density at radius 3 is 2.50 bits per heavy atom. The highest BCUT2D eigenvalue weighted by Crippen LogP contribution is 2.30. The summed E-state index contributed by atoms with van der Waals surface area (Å²) in [5.41, 5.74) is 0.675. The quantitative estimate of drug-likeness (QED) is 0.746. The molecule has 0 radical (unpaired) electrons. The largest absolute Gasteiger partial charge is 0.416 e. The molecular formula is C17H14F3N5O. The maximum Gasteiger partial charge on any atom is 0.416 e. The maximum absolute atomic E-state index is 12.8. The fourth-order valence-electron chi connectivity index (χ4n) is 2.40. The molecule has 0 aliphatic heterocycles. The van der Waals surface area contributed by atoms with Crippen molar-refractivity contribution in [3.8, 4) is 11.4 Å². The SMILES string of the molecule is CC(NC(=O)c1ccc(-c2nn[nH]n2)cc1)c1cccc(C(F)(F)F)c1. The van der Waals surface area contributed by atoms with Gasteiger partial charge in [0, 0.05) is 11.1 Å². The lowest BCUT2D eigenvalue weighted by Crippen LogP contribution is -2.26. The van der Waals surface area contributed by atoms with E-state index in [2.05, 4.69) is 25.9 Å². The number of hydrogen-bond acceptors (Lipinski definition) is 4. The Morgan fingerprint density at radius 1 is 1.15 bits per heavy atom. The van der Waals surface area contributed by atoms with Crippen LogP contribution in [0.5, 0.6) is 0 Å². The first-order valence-corrected chi connectivity index (χ1v) is 7.66. The van der Waals surface area contributed by atoms with Crippen LogP contribution in [0.15, 0.2) is 48.5 Å². The van der Waals surface area contributed by atoms with Crippen LogP contribution >= 0.6 is 0 Å². The van der Waals surface area contributed by atoms with Crippen LogP contribution < -0.4 is 5.32 Å². The van der Waals surface area contributed by atoms with E-state index in [1.807, 2.05) is 0 Å². The van der Waals surface area contributed by atoms with Crippen molar-refractivity contribution in [1.29, 1.82) is 0 Å². The normalized spacial score (nSPS) is 12.6. The molecule has 26 heavy (non-hydrogen) atoms. The van der Waals surface area contributed by atoms with Gasteiger partial charge in [-0.15, -0.1) is 10.2 Å². The molecule has 0 aliphatic rings. The molecule has 1 heterocycles. The average molecular weight is 361 g/mol. The Labute approximate surface area is 146 Å². The molecule has 2 N–H and O–H groups in total. The van der Waals surface area contributed by atoms with Crippen molar-refractivity contribution in [3.63, 3.8) is 0 Å². The zero-order chi connectivity index (χ0) is 18.7. The van der Waals surface area contributed by atoms with Gasteiger partial charge in [-0.2, -0.15) is 18.4 Å². The molecule has 0 fully saturated rings. The van der Waals surface area contributed by atoms with Crippen LogP contribution in [0.1, 0.15) is 34.5 Å². The molecule has 0 spiro atoms. The van der Waals surface area contributed by atoms with Gasteiger partial charge in [0.2, 0.25) is 5.82 Å². The van der Waals surface area contributed by atoms with E-state index in [9.17, 15) is 18.0 Å². The third-order valence-corrected chi connectivity index (χ3v) is 3.81. The predicted octanol–water partition coefficient (Wildman–Crippen LogP) is 3.38. The fourth-order valence-corrected chi connectivity index (χ4v) is 2.40. The van der Waals surface area contributed by atoms with Crippen molar-refractivity contribution in [1.82, 2.24) is 25.9 Å². The van der Waals surface area contributed by atoms with Crippen LogP contribution in [0.4, 0.5) is 13.2 Å². The lowest BCUT2D eigenvalue weighted by atomic mass is 10.0. The molecule has 0 saturated carbocycles. The summed E-state index contributed by atoms with van der Waals surface area (Å²) in [6, 6.07) is 10.8. The minimum Gasteiger partial charge on any atom is -0.346 e. The summed E-state index contributed by atoms with van der Waals surface area (Å²) in [6.07, 6.45) is -4.43. The lowest BCUT2D eigenvalue weighted by Gasteiger charge is -2.16. The summed E-state index contributed by atoms with van der Waals surface area (Å²) in [5.74, 6) is 0.00358. The summed E-state index contributed by atoms with van der Waals surface area (Å²) in [5, 5.41) is 16.2. The number of carbonyl (C=O) groups is 1. The molecule has 6 nitrogen and oxygen atoms in total. The Kier molecular flexibility index (Phi) is 4.70. The summed E-state index contributed by atoms with van der Waals surface area (Å²) >= 11 is 0. The molecule has 134 valence electrons. The molecule has 3 aromatic rings. The topological polar surface area (TPSA) is 83.6 Å². The molecule has 0 bridgehead atoms. The number of tetrazole rings is 1. The highest BCUT2D eigenvalue weighted by Gasteiger charge is 2.30. The molecule has 0 aliphatic carbocycles. The predicted molar refractivity (Wildman–Crippen MR) is 86.9 cm³/mol. The number of rotatable bonds is 4.